The number of aryl methyl sites for hydroxylation is 1. The Morgan fingerprint density at radius 1 is 0.833 bits per heavy atom. The van der Waals surface area contributed by atoms with Gasteiger partial charge in [0.2, 0.25) is 0 Å². The lowest BCUT2D eigenvalue weighted by atomic mass is 9.76. The van der Waals surface area contributed by atoms with Gasteiger partial charge in [0.05, 0.1) is 12.7 Å². The third-order valence-corrected chi connectivity index (χ3v) is 7.97. The van der Waals surface area contributed by atoms with Gasteiger partial charge in [0.25, 0.3) is 0 Å². The summed E-state index contributed by atoms with van der Waals surface area (Å²) in [4.78, 5) is 0. The van der Waals surface area contributed by atoms with E-state index in [1.54, 1.807) is 31.4 Å². The van der Waals surface area contributed by atoms with Crippen LogP contribution in [0.25, 0.3) is 5.57 Å². The first-order chi connectivity index (χ1) is 17.4. The van der Waals surface area contributed by atoms with Crippen LogP contribution in [0.5, 0.6) is 0 Å². The summed E-state index contributed by atoms with van der Waals surface area (Å²) in [7, 11) is 1.67. The van der Waals surface area contributed by atoms with Crippen molar-refractivity contribution in [3.63, 3.8) is 0 Å². The van der Waals surface area contributed by atoms with Gasteiger partial charge in [-0.05, 0) is 93.2 Å². The van der Waals surface area contributed by atoms with E-state index < -0.39 is 23.3 Å². The zero-order chi connectivity index (χ0) is 25.7. The van der Waals surface area contributed by atoms with Crippen molar-refractivity contribution < 1.29 is 27.0 Å². The first-order valence-electron chi connectivity index (χ1n) is 13.2. The molecular formula is C30H36F4O2. The second kappa shape index (κ2) is 12.4. The Bertz CT molecular complexity index is 1070. The highest BCUT2D eigenvalue weighted by atomic mass is 19.2. The minimum absolute atomic E-state index is 0.0215. The first kappa shape index (κ1) is 26.9. The quantitative estimate of drug-likeness (QED) is 0.320. The van der Waals surface area contributed by atoms with Crippen molar-refractivity contribution in [2.75, 3.05) is 13.7 Å². The summed E-state index contributed by atoms with van der Waals surface area (Å²) in [6, 6.07) is 6.73. The number of benzene rings is 2. The molecule has 1 atom stereocenters. The SMILES string of the molecule is CCOCc1ccc(C2CCC(CCc3ccc(C4=CCC(OC)CC4)c(F)c3F)CC2)c(F)c1F. The summed E-state index contributed by atoms with van der Waals surface area (Å²) in [6.07, 6.45) is 8.77. The Hall–Kier alpha value is -2.18. The normalized spacial score (nSPS) is 22.5. The molecule has 1 fully saturated rings. The van der Waals surface area contributed by atoms with Crippen molar-refractivity contribution in [2.45, 2.75) is 83.3 Å². The van der Waals surface area contributed by atoms with E-state index >= 15 is 0 Å². The Kier molecular flexibility index (Phi) is 9.24. The monoisotopic (exact) mass is 504 g/mol. The van der Waals surface area contributed by atoms with Gasteiger partial charge >= 0.3 is 0 Å². The molecule has 1 saturated carbocycles. The van der Waals surface area contributed by atoms with Crippen molar-refractivity contribution in [2.24, 2.45) is 5.92 Å². The van der Waals surface area contributed by atoms with E-state index in [0.717, 1.165) is 44.1 Å². The van der Waals surface area contributed by atoms with Crippen LogP contribution in [0.2, 0.25) is 0 Å². The molecule has 0 aliphatic heterocycles. The minimum Gasteiger partial charge on any atom is -0.381 e. The van der Waals surface area contributed by atoms with Crippen LogP contribution in [-0.2, 0) is 22.5 Å². The Labute approximate surface area is 211 Å². The molecule has 196 valence electrons. The fourth-order valence-electron chi connectivity index (χ4n) is 5.66. The van der Waals surface area contributed by atoms with Gasteiger partial charge in [0, 0.05) is 24.8 Å². The molecule has 0 radical (unpaired) electrons. The highest BCUT2D eigenvalue weighted by Gasteiger charge is 2.27. The number of hydrogen-bond acceptors (Lipinski definition) is 2. The van der Waals surface area contributed by atoms with Gasteiger partial charge in [0.1, 0.15) is 0 Å². The summed E-state index contributed by atoms with van der Waals surface area (Å²) >= 11 is 0. The van der Waals surface area contributed by atoms with E-state index in [9.17, 15) is 17.6 Å². The van der Waals surface area contributed by atoms with E-state index in [4.69, 9.17) is 9.47 Å². The Morgan fingerprint density at radius 3 is 2.22 bits per heavy atom. The number of allylic oxidation sites excluding steroid dienone is 1. The maximum absolute atomic E-state index is 14.9. The standard InChI is InChI=1S/C30H36F4O2/c1-3-36-18-23-13-17-26(30(34)28(23)32)20-7-4-19(5-8-20)6-9-22-12-16-25(29(33)27(22)31)21-10-14-24(35-2)15-11-21/h10,12-13,16-17,19-20,24H,3-9,11,14-15,18H2,1-2H3. The molecule has 2 nitrogen and oxygen atoms in total. The number of ether oxygens (including phenoxy) is 2. The largest absolute Gasteiger partial charge is 0.381 e. The lowest BCUT2D eigenvalue weighted by Crippen LogP contribution is -2.16. The van der Waals surface area contributed by atoms with Crippen molar-refractivity contribution in [3.8, 4) is 0 Å². The lowest BCUT2D eigenvalue weighted by molar-refractivity contribution is 0.0964. The van der Waals surface area contributed by atoms with Gasteiger partial charge < -0.3 is 9.47 Å². The molecule has 36 heavy (non-hydrogen) atoms. The number of hydrogen-bond donors (Lipinski definition) is 0. The van der Waals surface area contributed by atoms with Crippen molar-refractivity contribution in [1.29, 1.82) is 0 Å². The topological polar surface area (TPSA) is 18.5 Å². The van der Waals surface area contributed by atoms with Crippen molar-refractivity contribution in [1.82, 2.24) is 0 Å². The highest BCUT2D eigenvalue weighted by Crippen LogP contribution is 2.39. The molecule has 2 aromatic rings. The molecule has 0 aromatic heterocycles. The van der Waals surface area contributed by atoms with E-state index in [1.165, 1.54) is 0 Å². The van der Waals surface area contributed by atoms with E-state index in [0.29, 0.717) is 48.5 Å². The fraction of sp³-hybridized carbons (Fsp3) is 0.533. The molecular weight excluding hydrogens is 468 g/mol. The van der Waals surface area contributed by atoms with Crippen LogP contribution in [0.15, 0.2) is 30.3 Å². The molecule has 0 heterocycles. The lowest BCUT2D eigenvalue weighted by Gasteiger charge is -2.29. The van der Waals surface area contributed by atoms with Gasteiger partial charge in [-0.1, -0.05) is 30.3 Å². The molecule has 0 spiro atoms. The van der Waals surface area contributed by atoms with Gasteiger partial charge in [-0.2, -0.15) is 0 Å². The van der Waals surface area contributed by atoms with Crippen LogP contribution in [0, 0.1) is 29.2 Å². The van der Waals surface area contributed by atoms with Crippen LogP contribution < -0.4 is 0 Å². The summed E-state index contributed by atoms with van der Waals surface area (Å²) in [6.45, 7) is 2.32. The molecule has 0 N–H and O–H groups in total. The molecule has 4 rings (SSSR count). The van der Waals surface area contributed by atoms with Gasteiger partial charge in [-0.25, -0.2) is 17.6 Å². The zero-order valence-corrected chi connectivity index (χ0v) is 21.2. The van der Waals surface area contributed by atoms with Gasteiger partial charge in [-0.3, -0.25) is 0 Å². The van der Waals surface area contributed by atoms with E-state index in [-0.39, 0.29) is 24.2 Å². The number of methoxy groups -OCH3 is 1. The van der Waals surface area contributed by atoms with Crippen molar-refractivity contribution >= 4 is 5.57 Å². The van der Waals surface area contributed by atoms with Gasteiger partial charge in [-0.15, -0.1) is 0 Å². The maximum Gasteiger partial charge on any atom is 0.166 e. The molecule has 0 saturated heterocycles. The Balaban J connectivity index is 1.32. The highest BCUT2D eigenvalue weighted by molar-refractivity contribution is 5.67. The predicted molar refractivity (Wildman–Crippen MR) is 134 cm³/mol. The number of halogens is 4. The third kappa shape index (κ3) is 6.03. The first-order valence-corrected chi connectivity index (χ1v) is 13.2. The average molecular weight is 505 g/mol. The molecule has 2 aliphatic carbocycles. The molecule has 2 aromatic carbocycles. The fourth-order valence-corrected chi connectivity index (χ4v) is 5.66. The molecule has 1 unspecified atom stereocenters. The second-order valence-corrected chi connectivity index (χ2v) is 10.1. The predicted octanol–water partition coefficient (Wildman–Crippen LogP) is 8.27. The van der Waals surface area contributed by atoms with E-state index in [2.05, 4.69) is 0 Å². The summed E-state index contributed by atoms with van der Waals surface area (Å²) in [5.41, 5.74) is 2.28. The van der Waals surface area contributed by atoms with Gasteiger partial charge in [0.15, 0.2) is 23.3 Å². The third-order valence-electron chi connectivity index (χ3n) is 7.97. The zero-order valence-electron chi connectivity index (χ0n) is 21.2. The smallest absolute Gasteiger partial charge is 0.166 e. The summed E-state index contributed by atoms with van der Waals surface area (Å²) in [5.74, 6) is -2.75. The number of rotatable bonds is 9. The molecule has 2 aliphatic rings. The molecule has 0 amide bonds. The van der Waals surface area contributed by atoms with Crippen LogP contribution in [0.4, 0.5) is 17.6 Å². The van der Waals surface area contributed by atoms with E-state index in [1.807, 2.05) is 13.0 Å². The van der Waals surface area contributed by atoms with Crippen LogP contribution in [0.1, 0.15) is 86.5 Å². The van der Waals surface area contributed by atoms with Crippen LogP contribution >= 0.6 is 0 Å². The molecule has 0 bridgehead atoms. The minimum atomic E-state index is -0.813. The maximum atomic E-state index is 14.9. The summed E-state index contributed by atoms with van der Waals surface area (Å²) < 4.78 is 69.5. The van der Waals surface area contributed by atoms with Crippen LogP contribution in [-0.4, -0.2) is 19.8 Å². The average Bonchev–Trinajstić information content (AvgIpc) is 2.91. The summed E-state index contributed by atoms with van der Waals surface area (Å²) in [5, 5.41) is 0. The second-order valence-electron chi connectivity index (χ2n) is 10.1. The van der Waals surface area contributed by atoms with Crippen molar-refractivity contribution in [3.05, 3.63) is 75.9 Å². The Morgan fingerprint density at radius 2 is 1.56 bits per heavy atom. The van der Waals surface area contributed by atoms with Crippen LogP contribution in [0.3, 0.4) is 0 Å². The molecule has 6 heteroatoms.